The normalized spacial score (nSPS) is 10.8. The Morgan fingerprint density at radius 3 is 2.62 bits per heavy atom. The molecule has 0 saturated carbocycles. The Labute approximate surface area is 136 Å². The van der Waals surface area contributed by atoms with Gasteiger partial charge in [0.2, 0.25) is 0 Å². The first-order chi connectivity index (χ1) is 10.1. The molecule has 2 heterocycles. The van der Waals surface area contributed by atoms with Gasteiger partial charge in [-0.15, -0.1) is 0 Å². The van der Waals surface area contributed by atoms with Crippen LogP contribution in [0.15, 0.2) is 31.7 Å². The van der Waals surface area contributed by atoms with Crippen LogP contribution in [-0.2, 0) is 12.8 Å². The molecule has 0 bridgehead atoms. The number of nitrogens with zero attached hydrogens (tertiary/aromatic N) is 3. The van der Waals surface area contributed by atoms with Crippen LogP contribution < -0.4 is 5.56 Å². The predicted molar refractivity (Wildman–Crippen MR) is 86.7 cm³/mol. The number of rotatable bonds is 6. The number of aromatic nitrogens is 4. The summed E-state index contributed by atoms with van der Waals surface area (Å²) in [4.78, 5) is 27.7. The second kappa shape index (κ2) is 7.70. The fourth-order valence-corrected chi connectivity index (χ4v) is 3.25. The zero-order valence-corrected chi connectivity index (χ0v) is 14.4. The Kier molecular flexibility index (Phi) is 5.93. The smallest absolute Gasteiger partial charge is 0.251 e. The van der Waals surface area contributed by atoms with E-state index >= 15 is 0 Å². The van der Waals surface area contributed by atoms with E-state index in [1.807, 2.05) is 6.07 Å². The van der Waals surface area contributed by atoms with Gasteiger partial charge in [-0.2, -0.15) is 0 Å². The molecule has 112 valence electrons. The van der Waals surface area contributed by atoms with E-state index in [1.165, 1.54) is 11.8 Å². The van der Waals surface area contributed by atoms with Crippen molar-refractivity contribution in [2.75, 3.05) is 0 Å². The van der Waals surface area contributed by atoms with Crippen LogP contribution in [0.4, 0.5) is 0 Å². The van der Waals surface area contributed by atoms with Crippen LogP contribution in [0.5, 0.6) is 0 Å². The summed E-state index contributed by atoms with van der Waals surface area (Å²) >= 11 is 4.74. The van der Waals surface area contributed by atoms with Crippen LogP contribution in [0.1, 0.15) is 38.2 Å². The standard InChI is InChI=1S/C14H17BrN4OS/c1-3-5-9-7-12(20)19-14(16-9)21-13-8-10(15)17-11(18-13)6-4-2/h7-8H,3-6H2,1-2H3,(H,16,19,20). The number of halogens is 1. The zero-order valence-electron chi connectivity index (χ0n) is 12.0. The van der Waals surface area contributed by atoms with Gasteiger partial charge in [-0.1, -0.05) is 20.3 Å². The van der Waals surface area contributed by atoms with Crippen molar-refractivity contribution in [3.8, 4) is 0 Å². The molecule has 0 unspecified atom stereocenters. The van der Waals surface area contributed by atoms with Crippen LogP contribution >= 0.6 is 27.7 Å². The van der Waals surface area contributed by atoms with Gasteiger partial charge in [-0.05, 0) is 40.5 Å². The lowest BCUT2D eigenvalue weighted by Gasteiger charge is -2.05. The summed E-state index contributed by atoms with van der Waals surface area (Å²) in [7, 11) is 0. The highest BCUT2D eigenvalue weighted by Gasteiger charge is 2.08. The Hall–Kier alpha value is -1.21. The lowest BCUT2D eigenvalue weighted by Crippen LogP contribution is -2.10. The molecule has 0 saturated heterocycles. The van der Waals surface area contributed by atoms with Gasteiger partial charge in [0.15, 0.2) is 5.16 Å². The van der Waals surface area contributed by atoms with Crippen LogP contribution in [0, 0.1) is 0 Å². The molecular formula is C14H17BrN4OS. The van der Waals surface area contributed by atoms with Crippen molar-refractivity contribution < 1.29 is 0 Å². The number of hydrogen-bond acceptors (Lipinski definition) is 5. The lowest BCUT2D eigenvalue weighted by atomic mass is 10.2. The molecule has 0 aliphatic heterocycles. The molecule has 0 aromatic carbocycles. The van der Waals surface area contributed by atoms with E-state index < -0.39 is 0 Å². The summed E-state index contributed by atoms with van der Waals surface area (Å²) in [5.74, 6) is 0.793. The molecule has 0 aliphatic carbocycles. The van der Waals surface area contributed by atoms with E-state index in [2.05, 4.69) is 49.7 Å². The van der Waals surface area contributed by atoms with Gasteiger partial charge in [-0.3, -0.25) is 4.79 Å². The number of aromatic amines is 1. The first kappa shape index (κ1) is 16.2. The maximum atomic E-state index is 11.7. The highest BCUT2D eigenvalue weighted by Crippen LogP contribution is 2.24. The minimum atomic E-state index is -0.127. The van der Waals surface area contributed by atoms with Gasteiger partial charge in [0.05, 0.1) is 0 Å². The summed E-state index contributed by atoms with van der Waals surface area (Å²) in [6.07, 6.45) is 3.57. The third-order valence-corrected chi connectivity index (χ3v) is 3.88. The van der Waals surface area contributed by atoms with Gasteiger partial charge in [0, 0.05) is 24.2 Å². The first-order valence-corrected chi connectivity index (χ1v) is 8.53. The van der Waals surface area contributed by atoms with Crippen LogP contribution in [-0.4, -0.2) is 19.9 Å². The molecule has 0 aliphatic rings. The van der Waals surface area contributed by atoms with Crippen LogP contribution in [0.25, 0.3) is 0 Å². The summed E-state index contributed by atoms with van der Waals surface area (Å²) in [6, 6.07) is 3.38. The van der Waals surface area contributed by atoms with E-state index in [9.17, 15) is 4.79 Å². The molecule has 5 nitrogen and oxygen atoms in total. The van der Waals surface area contributed by atoms with Crippen molar-refractivity contribution in [2.24, 2.45) is 0 Å². The molecule has 2 rings (SSSR count). The predicted octanol–water partition coefficient (Wildman–Crippen LogP) is 3.38. The van der Waals surface area contributed by atoms with Crippen molar-refractivity contribution in [1.82, 2.24) is 19.9 Å². The van der Waals surface area contributed by atoms with Crippen molar-refractivity contribution in [3.05, 3.63) is 38.6 Å². The maximum absolute atomic E-state index is 11.7. The number of aryl methyl sites for hydroxylation is 2. The third kappa shape index (κ3) is 4.93. The quantitative estimate of drug-likeness (QED) is 0.624. The molecule has 2 aromatic heterocycles. The van der Waals surface area contributed by atoms with E-state index in [0.29, 0.717) is 5.16 Å². The van der Waals surface area contributed by atoms with Gasteiger partial charge >= 0.3 is 0 Å². The molecule has 2 aromatic rings. The Balaban J connectivity index is 2.27. The minimum Gasteiger partial charge on any atom is -0.301 e. The van der Waals surface area contributed by atoms with Gasteiger partial charge < -0.3 is 4.98 Å². The summed E-state index contributed by atoms with van der Waals surface area (Å²) in [5.41, 5.74) is 0.684. The average Bonchev–Trinajstić information content (AvgIpc) is 2.37. The minimum absolute atomic E-state index is 0.127. The summed E-state index contributed by atoms with van der Waals surface area (Å²) in [5, 5.41) is 1.34. The fourth-order valence-electron chi connectivity index (χ4n) is 1.84. The molecule has 0 radical (unpaired) electrons. The fraction of sp³-hybridized carbons (Fsp3) is 0.429. The SMILES string of the molecule is CCCc1cc(=O)[nH]c(Sc2cc(Br)nc(CCC)n2)n1. The van der Waals surface area contributed by atoms with Crippen molar-refractivity contribution in [1.29, 1.82) is 0 Å². The molecule has 0 amide bonds. The van der Waals surface area contributed by atoms with Gasteiger partial charge in [0.1, 0.15) is 15.5 Å². The molecule has 21 heavy (non-hydrogen) atoms. The second-order valence-electron chi connectivity index (χ2n) is 4.59. The second-order valence-corrected chi connectivity index (χ2v) is 6.41. The average molecular weight is 369 g/mol. The Morgan fingerprint density at radius 1 is 1.14 bits per heavy atom. The van der Waals surface area contributed by atoms with E-state index in [-0.39, 0.29) is 5.56 Å². The first-order valence-electron chi connectivity index (χ1n) is 6.92. The monoisotopic (exact) mass is 368 g/mol. The van der Waals surface area contributed by atoms with E-state index in [0.717, 1.165) is 46.8 Å². The van der Waals surface area contributed by atoms with Crippen molar-refractivity contribution >= 4 is 27.7 Å². The molecule has 7 heteroatoms. The molecule has 0 fully saturated rings. The van der Waals surface area contributed by atoms with Crippen molar-refractivity contribution in [2.45, 2.75) is 49.7 Å². The lowest BCUT2D eigenvalue weighted by molar-refractivity contribution is 0.796. The maximum Gasteiger partial charge on any atom is 0.251 e. The largest absolute Gasteiger partial charge is 0.301 e. The third-order valence-electron chi connectivity index (χ3n) is 2.67. The molecule has 0 spiro atoms. The molecule has 0 atom stereocenters. The number of hydrogen-bond donors (Lipinski definition) is 1. The highest BCUT2D eigenvalue weighted by atomic mass is 79.9. The van der Waals surface area contributed by atoms with E-state index in [4.69, 9.17) is 0 Å². The van der Waals surface area contributed by atoms with Gasteiger partial charge in [-0.25, -0.2) is 15.0 Å². The number of H-pyrrole nitrogens is 1. The van der Waals surface area contributed by atoms with Gasteiger partial charge in [0.25, 0.3) is 5.56 Å². The number of nitrogens with one attached hydrogen (secondary N) is 1. The molecular weight excluding hydrogens is 352 g/mol. The Morgan fingerprint density at radius 2 is 1.90 bits per heavy atom. The van der Waals surface area contributed by atoms with E-state index in [1.54, 1.807) is 6.07 Å². The highest BCUT2D eigenvalue weighted by molar-refractivity contribution is 9.10. The topological polar surface area (TPSA) is 71.5 Å². The van der Waals surface area contributed by atoms with Crippen LogP contribution in [0.2, 0.25) is 0 Å². The zero-order chi connectivity index (χ0) is 15.2. The molecule has 1 N–H and O–H groups in total. The van der Waals surface area contributed by atoms with Crippen molar-refractivity contribution in [3.63, 3.8) is 0 Å². The van der Waals surface area contributed by atoms with Crippen LogP contribution in [0.3, 0.4) is 0 Å². The Bertz CT molecular complexity index is 674. The summed E-state index contributed by atoms with van der Waals surface area (Å²) in [6.45, 7) is 4.15. The summed E-state index contributed by atoms with van der Waals surface area (Å²) < 4.78 is 0.746.